The molecule has 6 nitrogen and oxygen atoms in total. The summed E-state index contributed by atoms with van der Waals surface area (Å²) in [6, 6.07) is 16.6. The molecule has 4 heterocycles. The molecule has 0 radical (unpaired) electrons. The van der Waals surface area contributed by atoms with Crippen LogP contribution in [-0.2, 0) is 19.6 Å². The van der Waals surface area contributed by atoms with Crippen LogP contribution in [0.2, 0.25) is 0 Å². The molecule has 0 atom stereocenters. The maximum absolute atomic E-state index is 4.90. The average Bonchev–Trinajstić information content (AvgIpc) is 3.24. The summed E-state index contributed by atoms with van der Waals surface area (Å²) < 4.78 is 4.41. The van der Waals surface area contributed by atoms with Crippen LogP contribution in [0.15, 0.2) is 54.7 Å². The van der Waals surface area contributed by atoms with E-state index in [1.807, 2.05) is 19.1 Å². The van der Waals surface area contributed by atoms with Crippen LogP contribution in [0.25, 0.3) is 16.9 Å². The summed E-state index contributed by atoms with van der Waals surface area (Å²) in [5.41, 5.74) is 4.41. The van der Waals surface area contributed by atoms with Crippen LogP contribution >= 0.6 is 0 Å². The highest BCUT2D eigenvalue weighted by atomic mass is 15.3. The molecule has 6 heteroatoms. The topological polar surface area (TPSA) is 51.2 Å². The Morgan fingerprint density at radius 1 is 0.962 bits per heavy atom. The number of pyridine rings is 1. The van der Waals surface area contributed by atoms with E-state index in [2.05, 4.69) is 66.7 Å². The summed E-state index contributed by atoms with van der Waals surface area (Å²) in [6.45, 7) is 5.59. The number of imidazole rings is 1. The molecule has 130 valence electrons. The fraction of sp³-hybridized carbons (Fsp3) is 0.250. The van der Waals surface area contributed by atoms with Gasteiger partial charge in [-0.25, -0.2) is 4.98 Å². The van der Waals surface area contributed by atoms with Gasteiger partial charge in [-0.05, 0) is 19.1 Å². The van der Waals surface area contributed by atoms with Gasteiger partial charge in [0.2, 0.25) is 0 Å². The third-order valence-electron chi connectivity index (χ3n) is 5.07. The SMILES string of the molecule is Cc1nnc2n1CCN(Cc1c(-c3ccccc3)nc3ccccn13)C2. The van der Waals surface area contributed by atoms with Crippen molar-refractivity contribution in [3.05, 3.63) is 72.1 Å². The Balaban J connectivity index is 1.54. The van der Waals surface area contributed by atoms with E-state index in [-0.39, 0.29) is 0 Å². The Bertz CT molecular complexity index is 1060. The molecule has 0 spiro atoms. The average molecular weight is 344 g/mol. The van der Waals surface area contributed by atoms with Crippen LogP contribution in [-0.4, -0.2) is 35.6 Å². The zero-order valence-corrected chi connectivity index (χ0v) is 14.7. The van der Waals surface area contributed by atoms with Crippen LogP contribution in [0, 0.1) is 6.92 Å². The van der Waals surface area contributed by atoms with Gasteiger partial charge in [-0.15, -0.1) is 10.2 Å². The standard InChI is InChI=1S/C20H20N6/c1-15-22-23-19-14-24(11-12-25(15)19)13-17-20(16-7-3-2-4-8-16)21-18-9-5-6-10-26(17)18/h2-10H,11-14H2,1H3. The van der Waals surface area contributed by atoms with Gasteiger partial charge in [-0.3, -0.25) is 4.90 Å². The lowest BCUT2D eigenvalue weighted by Crippen LogP contribution is -2.34. The number of fused-ring (bicyclic) bond motifs is 2. The number of aryl methyl sites for hydroxylation is 1. The molecule has 4 aromatic rings. The summed E-state index contributed by atoms with van der Waals surface area (Å²) >= 11 is 0. The fourth-order valence-electron chi connectivity index (χ4n) is 3.72. The predicted octanol–water partition coefficient (Wildman–Crippen LogP) is 2.92. The Morgan fingerprint density at radius 3 is 2.69 bits per heavy atom. The lowest BCUT2D eigenvalue weighted by atomic mass is 10.1. The largest absolute Gasteiger partial charge is 0.313 e. The van der Waals surface area contributed by atoms with Crippen molar-refractivity contribution < 1.29 is 0 Å². The third-order valence-corrected chi connectivity index (χ3v) is 5.07. The number of nitrogens with zero attached hydrogens (tertiary/aromatic N) is 6. The first-order valence-corrected chi connectivity index (χ1v) is 8.92. The van der Waals surface area contributed by atoms with E-state index in [0.717, 1.165) is 54.7 Å². The molecule has 0 bridgehead atoms. The minimum Gasteiger partial charge on any atom is -0.313 e. The van der Waals surface area contributed by atoms with Crippen molar-refractivity contribution in [3.63, 3.8) is 0 Å². The Hall–Kier alpha value is -2.99. The highest BCUT2D eigenvalue weighted by Gasteiger charge is 2.22. The fourth-order valence-corrected chi connectivity index (χ4v) is 3.72. The monoisotopic (exact) mass is 344 g/mol. The maximum Gasteiger partial charge on any atom is 0.147 e. The lowest BCUT2D eigenvalue weighted by molar-refractivity contribution is 0.205. The van der Waals surface area contributed by atoms with E-state index < -0.39 is 0 Å². The van der Waals surface area contributed by atoms with E-state index in [9.17, 15) is 0 Å². The van der Waals surface area contributed by atoms with Crippen molar-refractivity contribution in [1.29, 1.82) is 0 Å². The van der Waals surface area contributed by atoms with Gasteiger partial charge in [-0.1, -0.05) is 36.4 Å². The summed E-state index contributed by atoms with van der Waals surface area (Å²) in [7, 11) is 0. The number of aromatic nitrogens is 5. The molecular weight excluding hydrogens is 324 g/mol. The summed E-state index contributed by atoms with van der Waals surface area (Å²) in [6.07, 6.45) is 2.10. The van der Waals surface area contributed by atoms with Crippen molar-refractivity contribution >= 4 is 5.65 Å². The van der Waals surface area contributed by atoms with E-state index in [1.54, 1.807) is 0 Å². The minimum absolute atomic E-state index is 0.815. The van der Waals surface area contributed by atoms with E-state index in [4.69, 9.17) is 4.98 Å². The second kappa shape index (κ2) is 6.07. The van der Waals surface area contributed by atoms with Gasteiger partial charge in [0.25, 0.3) is 0 Å². The van der Waals surface area contributed by atoms with E-state index in [0.29, 0.717) is 0 Å². The van der Waals surface area contributed by atoms with Crippen molar-refractivity contribution in [2.75, 3.05) is 6.54 Å². The number of benzene rings is 1. The van der Waals surface area contributed by atoms with Gasteiger partial charge in [0.05, 0.1) is 17.9 Å². The van der Waals surface area contributed by atoms with E-state index in [1.165, 1.54) is 5.69 Å². The number of hydrogen-bond acceptors (Lipinski definition) is 4. The van der Waals surface area contributed by atoms with Crippen molar-refractivity contribution in [2.45, 2.75) is 26.6 Å². The quantitative estimate of drug-likeness (QED) is 0.573. The Morgan fingerprint density at radius 2 is 1.81 bits per heavy atom. The van der Waals surface area contributed by atoms with E-state index >= 15 is 0 Å². The third kappa shape index (κ3) is 2.50. The zero-order valence-electron chi connectivity index (χ0n) is 14.7. The summed E-state index contributed by atoms with van der Waals surface area (Å²) in [5.74, 6) is 2.04. The molecule has 0 saturated heterocycles. The van der Waals surface area contributed by atoms with Crippen molar-refractivity contribution in [3.8, 4) is 11.3 Å². The van der Waals surface area contributed by atoms with Gasteiger partial charge in [0, 0.05) is 31.4 Å². The van der Waals surface area contributed by atoms with Gasteiger partial charge in [0.15, 0.2) is 0 Å². The van der Waals surface area contributed by atoms with Gasteiger partial charge in [0.1, 0.15) is 17.3 Å². The van der Waals surface area contributed by atoms with Gasteiger partial charge >= 0.3 is 0 Å². The Labute approximate surface area is 151 Å². The van der Waals surface area contributed by atoms with Crippen LogP contribution in [0.5, 0.6) is 0 Å². The second-order valence-corrected chi connectivity index (χ2v) is 6.73. The first kappa shape index (κ1) is 15.3. The van der Waals surface area contributed by atoms with Crippen LogP contribution in [0.3, 0.4) is 0 Å². The molecule has 5 rings (SSSR count). The molecule has 0 N–H and O–H groups in total. The molecule has 1 aliphatic heterocycles. The molecule has 1 aliphatic rings. The molecule has 0 saturated carbocycles. The van der Waals surface area contributed by atoms with Crippen molar-refractivity contribution in [1.82, 2.24) is 29.0 Å². The highest BCUT2D eigenvalue weighted by molar-refractivity contribution is 5.66. The first-order chi connectivity index (χ1) is 12.8. The lowest BCUT2D eigenvalue weighted by Gasteiger charge is -2.27. The minimum atomic E-state index is 0.815. The normalized spacial score (nSPS) is 14.7. The maximum atomic E-state index is 4.90. The summed E-state index contributed by atoms with van der Waals surface area (Å²) in [4.78, 5) is 7.32. The molecule has 0 fully saturated rings. The molecule has 1 aromatic carbocycles. The first-order valence-electron chi connectivity index (χ1n) is 8.92. The number of rotatable bonds is 3. The molecule has 0 unspecified atom stereocenters. The molecular formula is C20H20N6. The van der Waals surface area contributed by atoms with Gasteiger partial charge in [-0.2, -0.15) is 0 Å². The van der Waals surface area contributed by atoms with Gasteiger partial charge < -0.3 is 8.97 Å². The summed E-state index contributed by atoms with van der Waals surface area (Å²) in [5, 5.41) is 8.54. The molecule has 26 heavy (non-hydrogen) atoms. The van der Waals surface area contributed by atoms with Crippen LogP contribution in [0.1, 0.15) is 17.3 Å². The van der Waals surface area contributed by atoms with Crippen LogP contribution < -0.4 is 0 Å². The zero-order chi connectivity index (χ0) is 17.5. The molecule has 3 aromatic heterocycles. The number of hydrogen-bond donors (Lipinski definition) is 0. The molecule has 0 aliphatic carbocycles. The highest BCUT2D eigenvalue weighted by Crippen LogP contribution is 2.26. The van der Waals surface area contributed by atoms with Crippen molar-refractivity contribution in [2.24, 2.45) is 0 Å². The molecule has 0 amide bonds. The second-order valence-electron chi connectivity index (χ2n) is 6.73. The van der Waals surface area contributed by atoms with Crippen LogP contribution in [0.4, 0.5) is 0 Å². The predicted molar refractivity (Wildman–Crippen MR) is 99.5 cm³/mol. The smallest absolute Gasteiger partial charge is 0.147 e. The Kier molecular flexibility index (Phi) is 3.57.